The molecule has 0 bridgehead atoms. The van der Waals surface area contributed by atoms with Gasteiger partial charge in [0.05, 0.1) is 9.95 Å². The predicted molar refractivity (Wildman–Crippen MR) is 70.9 cm³/mol. The van der Waals surface area contributed by atoms with Gasteiger partial charge in [0, 0.05) is 19.2 Å². The molecule has 0 saturated carbocycles. The molecule has 1 aromatic carbocycles. The molecule has 0 radical (unpaired) electrons. The topological polar surface area (TPSA) is 46.4 Å². The molecule has 0 aliphatic carbocycles. The molecule has 5 heteroatoms. The van der Waals surface area contributed by atoms with Gasteiger partial charge in [-0.25, -0.2) is 0 Å². The van der Waals surface area contributed by atoms with Gasteiger partial charge in [-0.3, -0.25) is 10.1 Å². The standard InChI is InChI=1S/C12H17ClN2O2/c1-3-8-14(9-4-2)12-10(13)6-5-7-11(12)15(16)17/h5-7H,3-4,8-9H2,1-2H3. The first-order valence-corrected chi connectivity index (χ1v) is 6.17. The van der Waals surface area contributed by atoms with Crippen LogP contribution in [0.2, 0.25) is 5.02 Å². The van der Waals surface area contributed by atoms with E-state index in [-0.39, 0.29) is 10.6 Å². The van der Waals surface area contributed by atoms with Crippen LogP contribution in [0.5, 0.6) is 0 Å². The number of anilines is 1. The average molecular weight is 257 g/mol. The maximum atomic E-state index is 11.0. The minimum atomic E-state index is -0.375. The Morgan fingerprint density at radius 2 is 1.88 bits per heavy atom. The van der Waals surface area contributed by atoms with Gasteiger partial charge in [0.1, 0.15) is 5.69 Å². The highest BCUT2D eigenvalue weighted by Crippen LogP contribution is 2.35. The monoisotopic (exact) mass is 256 g/mol. The number of rotatable bonds is 6. The SMILES string of the molecule is CCCN(CCC)c1c(Cl)cccc1[N+](=O)[O-]. The maximum absolute atomic E-state index is 11.0. The lowest BCUT2D eigenvalue weighted by atomic mass is 10.2. The maximum Gasteiger partial charge on any atom is 0.294 e. The molecule has 94 valence electrons. The van der Waals surface area contributed by atoms with Crippen molar-refractivity contribution in [3.63, 3.8) is 0 Å². The molecule has 0 unspecified atom stereocenters. The van der Waals surface area contributed by atoms with Crippen molar-refractivity contribution in [2.75, 3.05) is 18.0 Å². The highest BCUT2D eigenvalue weighted by molar-refractivity contribution is 6.33. The normalized spacial score (nSPS) is 10.3. The number of nitrogens with zero attached hydrogens (tertiary/aromatic N) is 2. The number of halogens is 1. The summed E-state index contributed by atoms with van der Waals surface area (Å²) in [6, 6.07) is 4.81. The largest absolute Gasteiger partial charge is 0.365 e. The van der Waals surface area contributed by atoms with Crippen molar-refractivity contribution in [3.05, 3.63) is 33.3 Å². The summed E-state index contributed by atoms with van der Waals surface area (Å²) >= 11 is 6.09. The van der Waals surface area contributed by atoms with Crippen LogP contribution in [0.15, 0.2) is 18.2 Å². The number of hydrogen-bond acceptors (Lipinski definition) is 3. The average Bonchev–Trinajstić information content (AvgIpc) is 2.28. The third-order valence-electron chi connectivity index (χ3n) is 2.47. The highest BCUT2D eigenvalue weighted by Gasteiger charge is 2.21. The van der Waals surface area contributed by atoms with Crippen LogP contribution in [-0.4, -0.2) is 18.0 Å². The Labute approximate surface area is 106 Å². The van der Waals surface area contributed by atoms with E-state index in [4.69, 9.17) is 11.6 Å². The Kier molecular flexibility index (Phi) is 5.22. The van der Waals surface area contributed by atoms with Gasteiger partial charge in [-0.05, 0) is 18.9 Å². The van der Waals surface area contributed by atoms with Crippen LogP contribution in [-0.2, 0) is 0 Å². The predicted octanol–water partition coefficient (Wildman–Crippen LogP) is 3.87. The molecule has 0 aliphatic heterocycles. The lowest BCUT2D eigenvalue weighted by Gasteiger charge is -2.24. The highest BCUT2D eigenvalue weighted by atomic mass is 35.5. The van der Waals surface area contributed by atoms with Gasteiger partial charge in [0.15, 0.2) is 0 Å². The minimum Gasteiger partial charge on any atom is -0.365 e. The van der Waals surface area contributed by atoms with E-state index in [1.54, 1.807) is 12.1 Å². The van der Waals surface area contributed by atoms with Gasteiger partial charge in [0.2, 0.25) is 0 Å². The second-order valence-electron chi connectivity index (χ2n) is 3.85. The summed E-state index contributed by atoms with van der Waals surface area (Å²) in [5.41, 5.74) is 0.627. The van der Waals surface area contributed by atoms with Crippen molar-refractivity contribution in [2.45, 2.75) is 26.7 Å². The summed E-state index contributed by atoms with van der Waals surface area (Å²) in [5, 5.41) is 11.5. The number of benzene rings is 1. The van der Waals surface area contributed by atoms with Crippen LogP contribution < -0.4 is 4.90 Å². The van der Waals surface area contributed by atoms with E-state index in [1.807, 2.05) is 18.7 Å². The van der Waals surface area contributed by atoms with Crippen LogP contribution in [0.3, 0.4) is 0 Å². The number of hydrogen-bond donors (Lipinski definition) is 0. The quantitative estimate of drug-likeness (QED) is 0.573. The molecular weight excluding hydrogens is 240 g/mol. The van der Waals surface area contributed by atoms with E-state index in [2.05, 4.69) is 0 Å². The van der Waals surface area contributed by atoms with Crippen LogP contribution in [0.1, 0.15) is 26.7 Å². The molecule has 0 aliphatic rings. The van der Waals surface area contributed by atoms with Crippen LogP contribution >= 0.6 is 11.6 Å². The van der Waals surface area contributed by atoms with Gasteiger partial charge < -0.3 is 4.90 Å². The summed E-state index contributed by atoms with van der Waals surface area (Å²) in [6.07, 6.45) is 1.87. The Balaban J connectivity index is 3.19. The molecule has 0 saturated heterocycles. The third kappa shape index (κ3) is 3.33. The first-order valence-electron chi connectivity index (χ1n) is 5.79. The number of para-hydroxylation sites is 1. The number of nitro benzene ring substituents is 1. The summed E-state index contributed by atoms with van der Waals surface area (Å²) in [4.78, 5) is 12.6. The van der Waals surface area contributed by atoms with Crippen molar-refractivity contribution in [1.82, 2.24) is 0 Å². The van der Waals surface area contributed by atoms with E-state index >= 15 is 0 Å². The zero-order chi connectivity index (χ0) is 12.8. The summed E-state index contributed by atoms with van der Waals surface area (Å²) < 4.78 is 0. The Hall–Kier alpha value is -1.29. The lowest BCUT2D eigenvalue weighted by Crippen LogP contribution is -2.26. The molecule has 0 aromatic heterocycles. The summed E-state index contributed by atoms with van der Waals surface area (Å²) in [6.45, 7) is 5.65. The van der Waals surface area contributed by atoms with E-state index < -0.39 is 0 Å². The lowest BCUT2D eigenvalue weighted by molar-refractivity contribution is -0.384. The van der Waals surface area contributed by atoms with Crippen molar-refractivity contribution >= 4 is 23.0 Å². The molecule has 0 heterocycles. The van der Waals surface area contributed by atoms with Crippen molar-refractivity contribution < 1.29 is 4.92 Å². The van der Waals surface area contributed by atoms with Crippen molar-refractivity contribution in [2.24, 2.45) is 0 Å². The molecule has 4 nitrogen and oxygen atoms in total. The summed E-state index contributed by atoms with van der Waals surface area (Å²) in [5.74, 6) is 0. The third-order valence-corrected chi connectivity index (χ3v) is 2.77. The van der Waals surface area contributed by atoms with E-state index in [0.717, 1.165) is 25.9 Å². The second kappa shape index (κ2) is 6.45. The van der Waals surface area contributed by atoms with Gasteiger partial charge in [-0.1, -0.05) is 31.5 Å². The summed E-state index contributed by atoms with van der Waals surface area (Å²) in [7, 11) is 0. The molecule has 0 atom stereocenters. The van der Waals surface area contributed by atoms with Gasteiger partial charge >= 0.3 is 0 Å². The molecular formula is C12H17ClN2O2. The smallest absolute Gasteiger partial charge is 0.294 e. The number of nitro groups is 1. The van der Waals surface area contributed by atoms with E-state index in [0.29, 0.717) is 10.7 Å². The molecule has 17 heavy (non-hydrogen) atoms. The van der Waals surface area contributed by atoms with E-state index in [1.165, 1.54) is 6.07 Å². The Morgan fingerprint density at radius 1 is 1.29 bits per heavy atom. The Morgan fingerprint density at radius 3 is 2.35 bits per heavy atom. The first kappa shape index (κ1) is 13.8. The fourth-order valence-electron chi connectivity index (χ4n) is 1.84. The molecule has 0 fully saturated rings. The fraction of sp³-hybridized carbons (Fsp3) is 0.500. The molecule has 0 N–H and O–H groups in total. The second-order valence-corrected chi connectivity index (χ2v) is 4.26. The van der Waals surface area contributed by atoms with Crippen molar-refractivity contribution in [1.29, 1.82) is 0 Å². The first-order chi connectivity index (χ1) is 8.11. The minimum absolute atomic E-state index is 0.0828. The fourth-order valence-corrected chi connectivity index (χ4v) is 2.13. The van der Waals surface area contributed by atoms with Gasteiger partial charge in [-0.15, -0.1) is 0 Å². The zero-order valence-electron chi connectivity index (χ0n) is 10.1. The zero-order valence-corrected chi connectivity index (χ0v) is 10.9. The molecule has 1 aromatic rings. The van der Waals surface area contributed by atoms with Crippen LogP contribution in [0.4, 0.5) is 11.4 Å². The van der Waals surface area contributed by atoms with E-state index in [9.17, 15) is 10.1 Å². The van der Waals surface area contributed by atoms with Crippen LogP contribution in [0.25, 0.3) is 0 Å². The van der Waals surface area contributed by atoms with Gasteiger partial charge in [-0.2, -0.15) is 0 Å². The Bertz CT molecular complexity index is 390. The van der Waals surface area contributed by atoms with Gasteiger partial charge in [0.25, 0.3) is 5.69 Å². The molecule has 1 rings (SSSR count). The molecule has 0 spiro atoms. The van der Waals surface area contributed by atoms with Crippen LogP contribution in [0, 0.1) is 10.1 Å². The molecule has 0 amide bonds. The van der Waals surface area contributed by atoms with Crippen molar-refractivity contribution in [3.8, 4) is 0 Å².